The average Bonchev–Trinajstić information content (AvgIpc) is 3.00. The molecule has 1 fully saturated rings. The van der Waals surface area contributed by atoms with Crippen molar-refractivity contribution >= 4 is 34.6 Å². The third-order valence-corrected chi connectivity index (χ3v) is 4.97. The van der Waals surface area contributed by atoms with E-state index in [0.717, 1.165) is 23.4 Å². The Bertz CT molecular complexity index is 841. The summed E-state index contributed by atoms with van der Waals surface area (Å²) >= 11 is 1.34. The number of rotatable bonds is 6. The van der Waals surface area contributed by atoms with Gasteiger partial charge in [-0.3, -0.25) is 4.79 Å². The lowest BCUT2D eigenvalue weighted by Gasteiger charge is -2.03. The van der Waals surface area contributed by atoms with Gasteiger partial charge in [-0.15, -0.1) is 0 Å². The number of methoxy groups -OCH3 is 1. The molecule has 1 N–H and O–H groups in total. The molecule has 2 aromatic rings. The molecule has 2 aromatic carbocycles. The van der Waals surface area contributed by atoms with Gasteiger partial charge in [-0.1, -0.05) is 43.7 Å². The average molecular weight is 366 g/mol. The smallest absolute Gasteiger partial charge is 0.264 e. The predicted octanol–water partition coefficient (Wildman–Crippen LogP) is 4.93. The van der Waals surface area contributed by atoms with Crippen LogP contribution in [0.2, 0.25) is 0 Å². The van der Waals surface area contributed by atoms with E-state index >= 15 is 0 Å². The number of amidine groups is 1. The molecule has 0 radical (unpaired) electrons. The number of carbonyl (C=O) groups excluding carboxylic acids is 1. The number of hydrogen-bond acceptors (Lipinski definition) is 4. The molecule has 4 nitrogen and oxygen atoms in total. The third kappa shape index (κ3) is 4.55. The van der Waals surface area contributed by atoms with Gasteiger partial charge in [0.25, 0.3) is 5.91 Å². The van der Waals surface area contributed by atoms with Crippen molar-refractivity contribution in [2.75, 3.05) is 7.11 Å². The van der Waals surface area contributed by atoms with Crippen molar-refractivity contribution in [2.45, 2.75) is 26.2 Å². The molecule has 1 amide bonds. The highest BCUT2D eigenvalue weighted by atomic mass is 32.2. The SMILES string of the molecule is CCCCc1ccc(N=C2NC(=O)/C(=C/c3ccccc3OC)S2)cc1. The molecule has 0 spiro atoms. The number of para-hydroxylation sites is 1. The maximum Gasteiger partial charge on any atom is 0.264 e. The van der Waals surface area contributed by atoms with Crippen molar-refractivity contribution in [3.63, 3.8) is 0 Å². The van der Waals surface area contributed by atoms with Crippen molar-refractivity contribution in [3.8, 4) is 5.75 Å². The summed E-state index contributed by atoms with van der Waals surface area (Å²) in [5.41, 5.74) is 3.02. The number of hydrogen-bond donors (Lipinski definition) is 1. The summed E-state index contributed by atoms with van der Waals surface area (Å²) in [6.07, 6.45) is 5.30. The predicted molar refractivity (Wildman–Crippen MR) is 109 cm³/mol. The summed E-state index contributed by atoms with van der Waals surface area (Å²) in [7, 11) is 1.62. The van der Waals surface area contributed by atoms with Crippen LogP contribution in [0.1, 0.15) is 30.9 Å². The van der Waals surface area contributed by atoms with Crippen molar-refractivity contribution in [3.05, 3.63) is 64.6 Å². The van der Waals surface area contributed by atoms with E-state index in [1.54, 1.807) is 7.11 Å². The zero-order valence-corrected chi connectivity index (χ0v) is 15.8. The van der Waals surface area contributed by atoms with Gasteiger partial charge in [0, 0.05) is 5.56 Å². The number of nitrogens with zero attached hydrogens (tertiary/aromatic N) is 1. The van der Waals surface area contributed by atoms with Crippen molar-refractivity contribution in [1.29, 1.82) is 0 Å². The van der Waals surface area contributed by atoms with Gasteiger partial charge in [-0.05, 0) is 54.4 Å². The molecular weight excluding hydrogens is 344 g/mol. The summed E-state index contributed by atoms with van der Waals surface area (Å²) in [5.74, 6) is 0.598. The summed E-state index contributed by atoms with van der Waals surface area (Å²) in [5, 5.41) is 3.42. The zero-order chi connectivity index (χ0) is 18.4. The Morgan fingerprint density at radius 1 is 1.15 bits per heavy atom. The summed E-state index contributed by atoms with van der Waals surface area (Å²) in [6, 6.07) is 15.8. The topological polar surface area (TPSA) is 50.7 Å². The molecule has 5 heteroatoms. The van der Waals surface area contributed by atoms with Gasteiger partial charge in [0.15, 0.2) is 5.17 Å². The number of ether oxygens (including phenoxy) is 1. The zero-order valence-electron chi connectivity index (χ0n) is 15.0. The fourth-order valence-electron chi connectivity index (χ4n) is 2.64. The molecule has 1 aliphatic heterocycles. The van der Waals surface area contributed by atoms with Gasteiger partial charge in [0.05, 0.1) is 17.7 Å². The normalized spacial score (nSPS) is 16.9. The van der Waals surface area contributed by atoms with Gasteiger partial charge in [-0.2, -0.15) is 0 Å². The molecule has 3 rings (SSSR count). The van der Waals surface area contributed by atoms with E-state index < -0.39 is 0 Å². The second kappa shape index (κ2) is 8.72. The summed E-state index contributed by atoms with van der Waals surface area (Å²) < 4.78 is 5.34. The Hall–Kier alpha value is -2.53. The lowest BCUT2D eigenvalue weighted by molar-refractivity contribution is -0.115. The standard InChI is InChI=1S/C21H22N2O2S/c1-3-4-7-15-10-12-17(13-11-15)22-21-23-20(24)19(26-21)14-16-8-5-6-9-18(16)25-2/h5-6,8-14H,3-4,7H2,1-2H3,(H,22,23,24)/b19-14-. The largest absolute Gasteiger partial charge is 0.496 e. The minimum Gasteiger partial charge on any atom is -0.496 e. The second-order valence-electron chi connectivity index (χ2n) is 5.99. The van der Waals surface area contributed by atoms with E-state index in [9.17, 15) is 4.79 Å². The molecule has 0 aliphatic carbocycles. The van der Waals surface area contributed by atoms with Crippen LogP contribution in [0.5, 0.6) is 5.75 Å². The Labute approximate surface area is 158 Å². The van der Waals surface area contributed by atoms with Crippen LogP contribution in [0.3, 0.4) is 0 Å². The fraction of sp³-hybridized carbons (Fsp3) is 0.238. The minimum atomic E-state index is -0.140. The number of carbonyl (C=O) groups is 1. The number of thioether (sulfide) groups is 1. The summed E-state index contributed by atoms with van der Waals surface area (Å²) in [4.78, 5) is 17.4. The molecule has 0 bridgehead atoms. The highest BCUT2D eigenvalue weighted by Gasteiger charge is 2.24. The molecule has 0 aromatic heterocycles. The van der Waals surface area contributed by atoms with Crippen molar-refractivity contribution in [2.24, 2.45) is 4.99 Å². The number of aliphatic imine (C=N–C) groups is 1. The Morgan fingerprint density at radius 2 is 1.92 bits per heavy atom. The van der Waals surface area contributed by atoms with Gasteiger partial charge in [0.2, 0.25) is 0 Å². The van der Waals surface area contributed by atoms with Crippen LogP contribution in [0, 0.1) is 0 Å². The van der Waals surface area contributed by atoms with Crippen molar-refractivity contribution in [1.82, 2.24) is 5.32 Å². The highest BCUT2D eigenvalue weighted by Crippen LogP contribution is 2.30. The van der Waals surface area contributed by atoms with Gasteiger partial charge in [-0.25, -0.2) is 4.99 Å². The van der Waals surface area contributed by atoms with Crippen LogP contribution in [0.25, 0.3) is 6.08 Å². The van der Waals surface area contributed by atoms with Crippen LogP contribution >= 0.6 is 11.8 Å². The first kappa shape index (κ1) is 18.3. The summed E-state index contributed by atoms with van der Waals surface area (Å²) in [6.45, 7) is 2.19. The quantitative estimate of drug-likeness (QED) is 0.738. The second-order valence-corrected chi connectivity index (χ2v) is 7.02. The third-order valence-electron chi connectivity index (χ3n) is 4.06. The number of amides is 1. The number of nitrogens with one attached hydrogen (secondary N) is 1. The first-order valence-corrected chi connectivity index (χ1v) is 9.53. The lowest BCUT2D eigenvalue weighted by Crippen LogP contribution is -2.19. The maximum atomic E-state index is 12.2. The van der Waals surface area contributed by atoms with E-state index in [4.69, 9.17) is 4.74 Å². The fourth-order valence-corrected chi connectivity index (χ4v) is 3.48. The number of benzene rings is 2. The van der Waals surface area contributed by atoms with Crippen LogP contribution < -0.4 is 10.1 Å². The minimum absolute atomic E-state index is 0.140. The van der Waals surface area contributed by atoms with E-state index in [0.29, 0.717) is 10.1 Å². The molecule has 1 aliphatic rings. The van der Waals surface area contributed by atoms with Crippen molar-refractivity contribution < 1.29 is 9.53 Å². The van der Waals surface area contributed by atoms with E-state index in [1.165, 1.54) is 30.2 Å². The highest BCUT2D eigenvalue weighted by molar-refractivity contribution is 8.18. The molecule has 0 saturated carbocycles. The molecule has 1 heterocycles. The Kier molecular flexibility index (Phi) is 6.12. The van der Waals surface area contributed by atoms with E-state index in [1.807, 2.05) is 42.5 Å². The van der Waals surface area contributed by atoms with Gasteiger partial charge >= 0.3 is 0 Å². The first-order valence-electron chi connectivity index (χ1n) is 8.71. The molecule has 1 saturated heterocycles. The Morgan fingerprint density at radius 3 is 2.65 bits per heavy atom. The van der Waals surface area contributed by atoms with E-state index in [-0.39, 0.29) is 5.91 Å². The monoisotopic (exact) mass is 366 g/mol. The van der Waals surface area contributed by atoms with Crippen LogP contribution in [0.4, 0.5) is 5.69 Å². The number of aryl methyl sites for hydroxylation is 1. The first-order chi connectivity index (χ1) is 12.7. The molecule has 134 valence electrons. The number of unbranched alkanes of at least 4 members (excludes halogenated alkanes) is 1. The van der Waals surface area contributed by atoms with E-state index in [2.05, 4.69) is 29.4 Å². The maximum absolute atomic E-state index is 12.2. The molecule has 0 atom stereocenters. The Balaban J connectivity index is 1.74. The molecular formula is C21H22N2O2S. The van der Waals surface area contributed by atoms with Gasteiger partial charge < -0.3 is 10.1 Å². The van der Waals surface area contributed by atoms with Crippen LogP contribution in [0.15, 0.2) is 58.4 Å². The van der Waals surface area contributed by atoms with Gasteiger partial charge in [0.1, 0.15) is 5.75 Å². The van der Waals surface area contributed by atoms with Crippen LogP contribution in [-0.2, 0) is 11.2 Å². The van der Waals surface area contributed by atoms with Crippen LogP contribution in [-0.4, -0.2) is 18.2 Å². The lowest BCUT2D eigenvalue weighted by atomic mass is 10.1. The molecule has 26 heavy (non-hydrogen) atoms. The molecule has 0 unspecified atom stereocenters.